The van der Waals surface area contributed by atoms with Gasteiger partial charge in [0.15, 0.2) is 0 Å². The summed E-state index contributed by atoms with van der Waals surface area (Å²) in [4.78, 5) is 36.5. The van der Waals surface area contributed by atoms with Gasteiger partial charge in [0, 0.05) is 44.4 Å². The molecule has 1 aliphatic heterocycles. The van der Waals surface area contributed by atoms with Crippen LogP contribution >= 0.6 is 0 Å². The Balaban J connectivity index is 1.47. The number of carbonyl (C=O) groups excluding carboxylic acids is 2. The summed E-state index contributed by atoms with van der Waals surface area (Å²) in [6, 6.07) is 10.5. The van der Waals surface area contributed by atoms with Crippen LogP contribution in [0.3, 0.4) is 0 Å². The highest BCUT2D eigenvalue weighted by atomic mass is 16.5. The molecule has 0 unspecified atom stereocenters. The molecule has 2 aromatic heterocycles. The number of benzene rings is 1. The molecular formula is C24H30N6O3. The summed E-state index contributed by atoms with van der Waals surface area (Å²) in [6.07, 6.45) is 2.02. The number of anilines is 1. The van der Waals surface area contributed by atoms with Crippen LogP contribution in [0.1, 0.15) is 39.2 Å². The second kappa shape index (κ2) is 9.17. The van der Waals surface area contributed by atoms with Gasteiger partial charge in [-0.3, -0.25) is 9.59 Å². The standard InChI is InChI=1S/C24H30N6O3/c1-24(2,3)18-7-5-17(6-8-18)19-11-12-25-22-26-23(27-30(19)22)29-15-13-28(14-16-29)20(31)9-10-21(32)33-4/h5-8,11-12H,9-10,13-16H2,1-4H3. The summed E-state index contributed by atoms with van der Waals surface area (Å²) in [5.74, 6) is 0.736. The van der Waals surface area contributed by atoms with Crippen molar-refractivity contribution >= 4 is 23.6 Å². The molecule has 9 heteroatoms. The molecule has 33 heavy (non-hydrogen) atoms. The number of methoxy groups -OCH3 is 1. The van der Waals surface area contributed by atoms with Gasteiger partial charge in [0.05, 0.1) is 19.2 Å². The fraction of sp³-hybridized carbons (Fsp3) is 0.458. The number of hydrogen-bond donors (Lipinski definition) is 0. The first-order valence-electron chi connectivity index (χ1n) is 11.2. The van der Waals surface area contributed by atoms with E-state index >= 15 is 0 Å². The summed E-state index contributed by atoms with van der Waals surface area (Å²) in [7, 11) is 1.33. The van der Waals surface area contributed by atoms with Crippen molar-refractivity contribution in [2.75, 3.05) is 38.2 Å². The lowest BCUT2D eigenvalue weighted by atomic mass is 9.86. The number of esters is 1. The molecule has 1 amide bonds. The second-order valence-electron chi connectivity index (χ2n) is 9.23. The van der Waals surface area contributed by atoms with Crippen molar-refractivity contribution in [1.82, 2.24) is 24.5 Å². The van der Waals surface area contributed by atoms with Crippen LogP contribution in [0.4, 0.5) is 5.95 Å². The van der Waals surface area contributed by atoms with E-state index in [1.54, 1.807) is 15.6 Å². The second-order valence-corrected chi connectivity index (χ2v) is 9.23. The van der Waals surface area contributed by atoms with E-state index in [9.17, 15) is 9.59 Å². The molecule has 0 bridgehead atoms. The lowest BCUT2D eigenvalue weighted by Gasteiger charge is -2.34. The van der Waals surface area contributed by atoms with Gasteiger partial charge >= 0.3 is 5.97 Å². The molecule has 9 nitrogen and oxygen atoms in total. The van der Waals surface area contributed by atoms with Crippen molar-refractivity contribution in [2.45, 2.75) is 39.0 Å². The minimum Gasteiger partial charge on any atom is -0.469 e. The molecule has 1 aromatic carbocycles. The Labute approximate surface area is 193 Å². The van der Waals surface area contributed by atoms with Gasteiger partial charge in [-0.05, 0) is 17.0 Å². The Bertz CT molecular complexity index is 1140. The molecule has 3 heterocycles. The SMILES string of the molecule is COC(=O)CCC(=O)N1CCN(c2nc3nccc(-c4ccc(C(C)(C)C)cc4)n3n2)CC1. The lowest BCUT2D eigenvalue weighted by Crippen LogP contribution is -2.49. The summed E-state index contributed by atoms with van der Waals surface area (Å²) in [5, 5.41) is 4.73. The molecule has 0 aliphatic carbocycles. The van der Waals surface area contributed by atoms with E-state index in [0.717, 1.165) is 11.3 Å². The highest BCUT2D eigenvalue weighted by molar-refractivity contribution is 5.81. The number of rotatable bonds is 5. The molecule has 1 fully saturated rings. The van der Waals surface area contributed by atoms with Gasteiger partial charge in [-0.15, -0.1) is 5.10 Å². The van der Waals surface area contributed by atoms with Crippen molar-refractivity contribution in [1.29, 1.82) is 0 Å². The van der Waals surface area contributed by atoms with E-state index < -0.39 is 0 Å². The van der Waals surface area contributed by atoms with E-state index in [2.05, 4.69) is 64.6 Å². The summed E-state index contributed by atoms with van der Waals surface area (Å²) < 4.78 is 6.38. The van der Waals surface area contributed by atoms with Gasteiger partial charge in [0.25, 0.3) is 5.78 Å². The minimum absolute atomic E-state index is 0.0364. The van der Waals surface area contributed by atoms with Crippen LogP contribution < -0.4 is 4.90 Å². The van der Waals surface area contributed by atoms with Crippen molar-refractivity contribution in [3.8, 4) is 11.3 Å². The zero-order valence-electron chi connectivity index (χ0n) is 19.6. The van der Waals surface area contributed by atoms with Crippen molar-refractivity contribution < 1.29 is 14.3 Å². The predicted octanol–water partition coefficient (Wildman–Crippen LogP) is 2.69. The monoisotopic (exact) mass is 450 g/mol. The van der Waals surface area contributed by atoms with Crippen LogP contribution in [0.15, 0.2) is 36.5 Å². The molecule has 0 spiro atoms. The Morgan fingerprint density at radius 2 is 1.70 bits per heavy atom. The zero-order valence-corrected chi connectivity index (χ0v) is 19.6. The molecule has 0 radical (unpaired) electrons. The molecular weight excluding hydrogens is 420 g/mol. The van der Waals surface area contributed by atoms with E-state index in [4.69, 9.17) is 5.10 Å². The average molecular weight is 451 g/mol. The number of piperazine rings is 1. The van der Waals surface area contributed by atoms with Crippen molar-refractivity contribution in [3.63, 3.8) is 0 Å². The van der Waals surface area contributed by atoms with Crippen molar-refractivity contribution in [2.24, 2.45) is 0 Å². The molecule has 174 valence electrons. The molecule has 1 saturated heterocycles. The lowest BCUT2D eigenvalue weighted by molar-refractivity contribution is -0.143. The Morgan fingerprint density at radius 3 is 2.33 bits per heavy atom. The zero-order chi connectivity index (χ0) is 23.6. The molecule has 1 aliphatic rings. The molecule has 0 atom stereocenters. The molecule has 0 N–H and O–H groups in total. The Kier molecular flexibility index (Phi) is 6.31. The average Bonchev–Trinajstić information content (AvgIpc) is 3.26. The molecule has 3 aromatic rings. The van der Waals surface area contributed by atoms with Gasteiger partial charge in [-0.2, -0.15) is 9.50 Å². The smallest absolute Gasteiger partial charge is 0.306 e. The number of amides is 1. The van der Waals surface area contributed by atoms with Gasteiger partial charge in [-0.25, -0.2) is 4.98 Å². The van der Waals surface area contributed by atoms with Crippen LogP contribution in [0, 0.1) is 0 Å². The highest BCUT2D eigenvalue weighted by Gasteiger charge is 2.24. The minimum atomic E-state index is -0.368. The fourth-order valence-corrected chi connectivity index (χ4v) is 3.90. The van der Waals surface area contributed by atoms with Gasteiger partial charge in [0.1, 0.15) is 0 Å². The quantitative estimate of drug-likeness (QED) is 0.552. The van der Waals surface area contributed by atoms with Gasteiger partial charge in [0.2, 0.25) is 11.9 Å². The topological polar surface area (TPSA) is 92.9 Å². The van der Waals surface area contributed by atoms with Crippen LogP contribution in [-0.2, 0) is 19.7 Å². The van der Waals surface area contributed by atoms with Crippen LogP contribution in [0.2, 0.25) is 0 Å². The van der Waals surface area contributed by atoms with Crippen LogP contribution in [0.25, 0.3) is 17.0 Å². The number of nitrogens with zero attached hydrogens (tertiary/aromatic N) is 6. The first kappa shape index (κ1) is 22.7. The van der Waals surface area contributed by atoms with Crippen LogP contribution in [-0.4, -0.2) is 69.6 Å². The fourth-order valence-electron chi connectivity index (χ4n) is 3.90. The third-order valence-corrected chi connectivity index (χ3v) is 5.96. The summed E-state index contributed by atoms with van der Waals surface area (Å²) in [6.45, 7) is 8.95. The maximum absolute atomic E-state index is 12.3. The largest absolute Gasteiger partial charge is 0.469 e. The van der Waals surface area contributed by atoms with E-state index in [-0.39, 0.29) is 30.1 Å². The predicted molar refractivity (Wildman–Crippen MR) is 125 cm³/mol. The maximum Gasteiger partial charge on any atom is 0.306 e. The summed E-state index contributed by atoms with van der Waals surface area (Å²) >= 11 is 0. The number of carbonyl (C=O) groups is 2. The molecule has 4 rings (SSSR count). The first-order valence-corrected chi connectivity index (χ1v) is 11.2. The molecule has 0 saturated carbocycles. The summed E-state index contributed by atoms with van der Waals surface area (Å²) in [5.41, 5.74) is 3.34. The van der Waals surface area contributed by atoms with Crippen LogP contribution in [0.5, 0.6) is 0 Å². The number of aromatic nitrogens is 4. The van der Waals surface area contributed by atoms with Gasteiger partial charge in [-0.1, -0.05) is 45.0 Å². The number of hydrogen-bond acceptors (Lipinski definition) is 7. The normalized spacial score (nSPS) is 14.5. The third-order valence-electron chi connectivity index (χ3n) is 5.96. The van der Waals surface area contributed by atoms with Crippen molar-refractivity contribution in [3.05, 3.63) is 42.1 Å². The third kappa shape index (κ3) is 4.97. The van der Waals surface area contributed by atoms with Gasteiger partial charge < -0.3 is 14.5 Å². The Hall–Kier alpha value is -3.49. The first-order chi connectivity index (χ1) is 15.8. The Morgan fingerprint density at radius 1 is 1.00 bits per heavy atom. The number of ether oxygens (including phenoxy) is 1. The van der Waals surface area contributed by atoms with E-state index in [1.165, 1.54) is 12.7 Å². The maximum atomic E-state index is 12.3. The number of fused-ring (bicyclic) bond motifs is 1. The van der Waals surface area contributed by atoms with E-state index in [0.29, 0.717) is 37.9 Å². The highest BCUT2D eigenvalue weighted by Crippen LogP contribution is 2.26. The van der Waals surface area contributed by atoms with E-state index in [1.807, 2.05) is 6.07 Å².